The van der Waals surface area contributed by atoms with Crippen LogP contribution in [-0.4, -0.2) is 41.0 Å². The second kappa shape index (κ2) is 5.95. The Balaban J connectivity index is 2.42. The van der Waals surface area contributed by atoms with E-state index in [-0.39, 0.29) is 12.3 Å². The van der Waals surface area contributed by atoms with Crippen molar-refractivity contribution in [2.24, 2.45) is 0 Å². The van der Waals surface area contributed by atoms with Crippen molar-refractivity contribution in [3.8, 4) is 0 Å². The van der Waals surface area contributed by atoms with E-state index >= 15 is 0 Å². The summed E-state index contributed by atoms with van der Waals surface area (Å²) in [5.41, 5.74) is 1.13. The molecule has 0 bridgehead atoms. The van der Waals surface area contributed by atoms with Crippen molar-refractivity contribution in [2.45, 2.75) is 32.8 Å². The lowest BCUT2D eigenvalue weighted by Gasteiger charge is -2.24. The van der Waals surface area contributed by atoms with E-state index in [9.17, 15) is 9.59 Å². The minimum absolute atomic E-state index is 0.0346. The van der Waals surface area contributed by atoms with Crippen molar-refractivity contribution in [3.63, 3.8) is 0 Å². The molecule has 0 spiro atoms. The van der Waals surface area contributed by atoms with Gasteiger partial charge in [-0.15, -0.1) is 11.3 Å². The number of carbonyl (C=O) groups excluding carboxylic acids is 2. The van der Waals surface area contributed by atoms with Gasteiger partial charge >= 0.3 is 6.09 Å². The molecule has 0 saturated carbocycles. The van der Waals surface area contributed by atoms with Crippen LogP contribution < -0.4 is 0 Å². The van der Waals surface area contributed by atoms with E-state index in [4.69, 9.17) is 4.74 Å². The Morgan fingerprint density at radius 1 is 1.44 bits per heavy atom. The maximum absolute atomic E-state index is 11.7. The summed E-state index contributed by atoms with van der Waals surface area (Å²) in [4.78, 5) is 29.4. The van der Waals surface area contributed by atoms with Crippen LogP contribution in [0.4, 0.5) is 4.79 Å². The van der Waals surface area contributed by atoms with E-state index in [1.165, 1.54) is 16.2 Å². The van der Waals surface area contributed by atoms with Crippen molar-refractivity contribution in [2.75, 3.05) is 13.6 Å². The summed E-state index contributed by atoms with van der Waals surface area (Å²) in [7, 11) is 1.55. The van der Waals surface area contributed by atoms with Crippen molar-refractivity contribution < 1.29 is 14.3 Å². The fourth-order valence-electron chi connectivity index (χ4n) is 1.25. The molecule has 0 N–H and O–H groups in total. The summed E-state index contributed by atoms with van der Waals surface area (Å²) in [5, 5.41) is 0. The quantitative estimate of drug-likeness (QED) is 0.841. The molecule has 0 aliphatic heterocycles. The summed E-state index contributed by atoms with van der Waals surface area (Å²) in [6.07, 6.45) is 1.48. The van der Waals surface area contributed by atoms with Gasteiger partial charge in [0.15, 0.2) is 5.78 Å². The summed E-state index contributed by atoms with van der Waals surface area (Å²) >= 11 is 1.43. The average Bonchev–Trinajstić information content (AvgIpc) is 2.67. The molecule has 0 atom stereocenters. The fourth-order valence-corrected chi connectivity index (χ4v) is 1.87. The van der Waals surface area contributed by atoms with Gasteiger partial charge in [0.05, 0.1) is 12.1 Å². The Labute approximate surface area is 111 Å². The number of thiazole rings is 1. The van der Waals surface area contributed by atoms with Crippen LogP contribution in [0.15, 0.2) is 11.7 Å². The molecule has 1 heterocycles. The largest absolute Gasteiger partial charge is 0.444 e. The molecule has 1 aromatic rings. The zero-order valence-electron chi connectivity index (χ0n) is 11.1. The average molecular weight is 270 g/mol. The van der Waals surface area contributed by atoms with Crippen LogP contribution in [0.5, 0.6) is 0 Å². The Bertz CT molecular complexity index is 409. The van der Waals surface area contributed by atoms with Crippen LogP contribution in [-0.2, 0) is 16.0 Å². The van der Waals surface area contributed by atoms with Crippen LogP contribution in [0, 0.1) is 0 Å². The van der Waals surface area contributed by atoms with Gasteiger partial charge in [0, 0.05) is 24.5 Å². The van der Waals surface area contributed by atoms with E-state index in [0.717, 1.165) is 4.88 Å². The number of hydrogen-bond acceptors (Lipinski definition) is 5. The van der Waals surface area contributed by atoms with Gasteiger partial charge in [-0.05, 0) is 20.8 Å². The zero-order valence-corrected chi connectivity index (χ0v) is 11.9. The molecule has 0 aliphatic carbocycles. The Kier molecular flexibility index (Phi) is 4.84. The van der Waals surface area contributed by atoms with Crippen molar-refractivity contribution >= 4 is 23.2 Å². The van der Waals surface area contributed by atoms with Crippen molar-refractivity contribution in [1.29, 1.82) is 0 Å². The third-order valence-corrected chi connectivity index (χ3v) is 2.75. The first kappa shape index (κ1) is 14.6. The highest BCUT2D eigenvalue weighted by Gasteiger charge is 2.21. The minimum atomic E-state index is -0.550. The van der Waals surface area contributed by atoms with Crippen LogP contribution >= 0.6 is 11.3 Å². The van der Waals surface area contributed by atoms with E-state index < -0.39 is 11.7 Å². The number of nitrogens with zero attached hydrogens (tertiary/aromatic N) is 2. The van der Waals surface area contributed by atoms with Gasteiger partial charge in [0.25, 0.3) is 0 Å². The van der Waals surface area contributed by atoms with Gasteiger partial charge in [-0.25, -0.2) is 4.79 Å². The van der Waals surface area contributed by atoms with Crippen LogP contribution in [0.25, 0.3) is 0 Å². The van der Waals surface area contributed by atoms with E-state index in [1.54, 1.807) is 39.5 Å². The van der Waals surface area contributed by atoms with Crippen molar-refractivity contribution in [1.82, 2.24) is 9.88 Å². The van der Waals surface area contributed by atoms with Gasteiger partial charge in [-0.3, -0.25) is 9.78 Å². The van der Waals surface area contributed by atoms with Gasteiger partial charge in [-0.1, -0.05) is 0 Å². The third kappa shape index (κ3) is 5.27. The van der Waals surface area contributed by atoms with Crippen molar-refractivity contribution in [3.05, 3.63) is 16.6 Å². The molecular weight excluding hydrogens is 252 g/mol. The lowest BCUT2D eigenvalue weighted by Crippen LogP contribution is -2.37. The predicted octanol–water partition coefficient (Wildman–Crippen LogP) is 2.12. The maximum Gasteiger partial charge on any atom is 0.410 e. The molecule has 0 fully saturated rings. The highest BCUT2D eigenvalue weighted by molar-refractivity contribution is 7.09. The molecule has 0 aromatic carbocycles. The number of rotatable bonds is 4. The number of ether oxygens (including phenoxy) is 1. The highest BCUT2D eigenvalue weighted by atomic mass is 32.1. The standard InChI is InChI=1S/C12H18N2O3S/c1-12(2,3)17-11(16)14(4)7-9(15)5-10-6-13-8-18-10/h6,8H,5,7H2,1-4H3. The monoisotopic (exact) mass is 270 g/mol. The molecule has 0 aliphatic rings. The van der Waals surface area contributed by atoms with E-state index in [0.29, 0.717) is 6.42 Å². The van der Waals surface area contributed by atoms with E-state index in [1.807, 2.05) is 0 Å². The number of amides is 1. The first-order chi connectivity index (χ1) is 8.28. The van der Waals surface area contributed by atoms with Crippen LogP contribution in [0.1, 0.15) is 25.6 Å². The first-order valence-electron chi connectivity index (χ1n) is 5.61. The van der Waals surface area contributed by atoms with Gasteiger partial charge in [0.2, 0.25) is 0 Å². The summed E-state index contributed by atoms with van der Waals surface area (Å²) in [6.45, 7) is 5.42. The molecule has 0 radical (unpaired) electrons. The maximum atomic E-state index is 11.7. The first-order valence-corrected chi connectivity index (χ1v) is 6.49. The van der Waals surface area contributed by atoms with Gasteiger partial charge < -0.3 is 9.64 Å². The SMILES string of the molecule is CN(CC(=O)Cc1cncs1)C(=O)OC(C)(C)C. The smallest absolute Gasteiger partial charge is 0.410 e. The second-order valence-electron chi connectivity index (χ2n) is 5.02. The molecule has 1 rings (SSSR count). The molecule has 1 amide bonds. The summed E-state index contributed by atoms with van der Waals surface area (Å²) in [5.74, 6) is -0.0346. The lowest BCUT2D eigenvalue weighted by molar-refractivity contribution is -0.119. The molecule has 5 nitrogen and oxygen atoms in total. The molecule has 18 heavy (non-hydrogen) atoms. The number of Topliss-reactive ketones (excluding diaryl/α,β-unsaturated/α-hetero) is 1. The Hall–Kier alpha value is -1.43. The van der Waals surface area contributed by atoms with Gasteiger partial charge in [0.1, 0.15) is 5.60 Å². The lowest BCUT2D eigenvalue weighted by atomic mass is 10.2. The van der Waals surface area contributed by atoms with E-state index in [2.05, 4.69) is 4.98 Å². The molecule has 0 saturated heterocycles. The Morgan fingerprint density at radius 2 is 2.11 bits per heavy atom. The fraction of sp³-hybridized carbons (Fsp3) is 0.583. The summed E-state index contributed by atoms with van der Waals surface area (Å²) in [6, 6.07) is 0. The zero-order chi connectivity index (χ0) is 13.8. The summed E-state index contributed by atoms with van der Waals surface area (Å²) < 4.78 is 5.16. The van der Waals surface area contributed by atoms with Crippen LogP contribution in [0.3, 0.4) is 0 Å². The molecule has 0 unspecified atom stereocenters. The minimum Gasteiger partial charge on any atom is -0.444 e. The number of hydrogen-bond donors (Lipinski definition) is 0. The van der Waals surface area contributed by atoms with Gasteiger partial charge in [-0.2, -0.15) is 0 Å². The number of ketones is 1. The Morgan fingerprint density at radius 3 is 2.61 bits per heavy atom. The predicted molar refractivity (Wildman–Crippen MR) is 69.7 cm³/mol. The normalized spacial score (nSPS) is 11.1. The molecule has 100 valence electrons. The number of aromatic nitrogens is 1. The number of carbonyl (C=O) groups is 2. The third-order valence-electron chi connectivity index (χ3n) is 1.97. The molecule has 1 aromatic heterocycles. The highest BCUT2D eigenvalue weighted by Crippen LogP contribution is 2.10. The molecular formula is C12H18N2O3S. The second-order valence-corrected chi connectivity index (χ2v) is 5.99. The number of likely N-dealkylation sites (N-methyl/N-ethyl adjacent to an activating group) is 1. The topological polar surface area (TPSA) is 59.5 Å². The molecule has 6 heteroatoms. The van der Waals surface area contributed by atoms with Crippen LogP contribution in [0.2, 0.25) is 0 Å².